The highest BCUT2D eigenvalue weighted by Gasteiger charge is 2.42. The van der Waals surface area contributed by atoms with E-state index in [2.05, 4.69) is 9.97 Å². The Hall–Kier alpha value is -0.760. The Labute approximate surface area is 116 Å². The number of rotatable bonds is 2. The molecular weight excluding hydrogens is 290 g/mol. The molecule has 2 atom stereocenters. The Morgan fingerprint density at radius 1 is 1.32 bits per heavy atom. The summed E-state index contributed by atoms with van der Waals surface area (Å²) in [6, 6.07) is -0.0607. The van der Waals surface area contributed by atoms with Crippen molar-refractivity contribution in [1.82, 2.24) is 14.3 Å². The Morgan fingerprint density at radius 3 is 2.79 bits per heavy atom. The third kappa shape index (κ3) is 2.35. The summed E-state index contributed by atoms with van der Waals surface area (Å²) in [7, 11) is -3.56. The predicted molar refractivity (Wildman–Crippen MR) is 68.3 cm³/mol. The first-order chi connectivity index (χ1) is 9.09. The molecule has 1 aromatic rings. The SMILES string of the molecule is O=S(=O)(c1cnc(Cl)nc1)N1CCOC2CCCC21. The standard InChI is InChI=1S/C11H14ClN3O3S/c12-11-13-6-8(7-14-11)19(16,17)15-4-5-18-10-3-1-2-9(10)15/h6-7,9-10H,1-5H2. The topological polar surface area (TPSA) is 72.4 Å². The van der Waals surface area contributed by atoms with Gasteiger partial charge in [0.2, 0.25) is 15.3 Å². The summed E-state index contributed by atoms with van der Waals surface area (Å²) in [5, 5.41) is 0.0414. The molecule has 2 unspecified atom stereocenters. The van der Waals surface area contributed by atoms with E-state index in [4.69, 9.17) is 16.3 Å². The van der Waals surface area contributed by atoms with E-state index in [0.29, 0.717) is 13.2 Å². The average molecular weight is 304 g/mol. The molecule has 1 saturated heterocycles. The highest BCUT2D eigenvalue weighted by molar-refractivity contribution is 7.89. The van der Waals surface area contributed by atoms with Crippen LogP contribution >= 0.6 is 11.6 Å². The number of aromatic nitrogens is 2. The molecule has 3 rings (SSSR count). The third-order valence-corrected chi connectivity index (χ3v) is 5.71. The summed E-state index contributed by atoms with van der Waals surface area (Å²) >= 11 is 5.59. The van der Waals surface area contributed by atoms with Crippen LogP contribution in [0.2, 0.25) is 5.28 Å². The van der Waals surface area contributed by atoms with Crippen molar-refractivity contribution in [3.8, 4) is 0 Å². The van der Waals surface area contributed by atoms with Gasteiger partial charge in [0, 0.05) is 6.54 Å². The van der Waals surface area contributed by atoms with Gasteiger partial charge in [0.05, 0.1) is 31.1 Å². The van der Waals surface area contributed by atoms with Gasteiger partial charge in [0.15, 0.2) is 0 Å². The zero-order chi connectivity index (χ0) is 13.5. The fraction of sp³-hybridized carbons (Fsp3) is 0.636. The van der Waals surface area contributed by atoms with E-state index >= 15 is 0 Å². The lowest BCUT2D eigenvalue weighted by Gasteiger charge is -2.36. The summed E-state index contributed by atoms with van der Waals surface area (Å²) < 4.78 is 32.3. The monoisotopic (exact) mass is 303 g/mol. The van der Waals surface area contributed by atoms with Crippen LogP contribution in [0.15, 0.2) is 17.3 Å². The third-order valence-electron chi connectivity index (χ3n) is 3.63. The van der Waals surface area contributed by atoms with Crippen LogP contribution in [-0.2, 0) is 14.8 Å². The number of hydrogen-bond acceptors (Lipinski definition) is 5. The van der Waals surface area contributed by atoms with Crippen molar-refractivity contribution in [2.24, 2.45) is 0 Å². The molecule has 1 aliphatic carbocycles. The Balaban J connectivity index is 1.93. The van der Waals surface area contributed by atoms with Crippen molar-refractivity contribution in [2.75, 3.05) is 13.2 Å². The molecule has 0 N–H and O–H groups in total. The van der Waals surface area contributed by atoms with E-state index < -0.39 is 10.0 Å². The second-order valence-electron chi connectivity index (χ2n) is 4.71. The molecule has 0 amide bonds. The fourth-order valence-electron chi connectivity index (χ4n) is 2.76. The predicted octanol–water partition coefficient (Wildman–Crippen LogP) is 1.07. The van der Waals surface area contributed by atoms with Crippen LogP contribution < -0.4 is 0 Å². The molecule has 0 bridgehead atoms. The summed E-state index contributed by atoms with van der Waals surface area (Å²) in [5.41, 5.74) is 0. The highest BCUT2D eigenvalue weighted by Crippen LogP contribution is 2.33. The number of fused-ring (bicyclic) bond motifs is 1. The number of sulfonamides is 1. The minimum Gasteiger partial charge on any atom is -0.375 e. The summed E-state index contributed by atoms with van der Waals surface area (Å²) in [6.07, 6.45) is 5.30. The number of morpholine rings is 1. The van der Waals surface area contributed by atoms with E-state index in [9.17, 15) is 8.42 Å². The van der Waals surface area contributed by atoms with Crippen LogP contribution in [0.4, 0.5) is 0 Å². The van der Waals surface area contributed by atoms with Gasteiger partial charge >= 0.3 is 0 Å². The largest absolute Gasteiger partial charge is 0.375 e. The molecule has 2 fully saturated rings. The van der Waals surface area contributed by atoms with Gasteiger partial charge in [-0.2, -0.15) is 4.31 Å². The quantitative estimate of drug-likeness (QED) is 0.764. The lowest BCUT2D eigenvalue weighted by Crippen LogP contribution is -2.51. The van der Waals surface area contributed by atoms with E-state index in [0.717, 1.165) is 19.3 Å². The van der Waals surface area contributed by atoms with Gasteiger partial charge in [-0.1, -0.05) is 0 Å². The molecule has 104 valence electrons. The van der Waals surface area contributed by atoms with Crippen molar-refractivity contribution in [1.29, 1.82) is 0 Å². The summed E-state index contributed by atoms with van der Waals surface area (Å²) in [4.78, 5) is 7.57. The molecule has 1 saturated carbocycles. The molecule has 1 aliphatic heterocycles. The maximum Gasteiger partial charge on any atom is 0.246 e. The smallest absolute Gasteiger partial charge is 0.246 e. The molecular formula is C11H14ClN3O3S. The van der Waals surface area contributed by atoms with Crippen LogP contribution in [0.5, 0.6) is 0 Å². The highest BCUT2D eigenvalue weighted by atomic mass is 35.5. The van der Waals surface area contributed by atoms with Crippen molar-refractivity contribution in [2.45, 2.75) is 36.3 Å². The van der Waals surface area contributed by atoms with Crippen molar-refractivity contribution < 1.29 is 13.2 Å². The van der Waals surface area contributed by atoms with Crippen LogP contribution in [0.3, 0.4) is 0 Å². The summed E-state index contributed by atoms with van der Waals surface area (Å²) in [6.45, 7) is 0.820. The number of hydrogen-bond donors (Lipinski definition) is 0. The van der Waals surface area contributed by atoms with Gasteiger partial charge in [0.1, 0.15) is 4.90 Å². The van der Waals surface area contributed by atoms with Crippen molar-refractivity contribution >= 4 is 21.6 Å². The van der Waals surface area contributed by atoms with Gasteiger partial charge in [-0.05, 0) is 30.9 Å². The number of ether oxygens (including phenoxy) is 1. The lowest BCUT2D eigenvalue weighted by molar-refractivity contribution is -0.0241. The maximum absolute atomic E-state index is 12.6. The van der Waals surface area contributed by atoms with E-state index in [-0.39, 0.29) is 22.3 Å². The normalized spacial score (nSPS) is 28.3. The van der Waals surface area contributed by atoms with Crippen LogP contribution in [0, 0.1) is 0 Å². The zero-order valence-corrected chi connectivity index (χ0v) is 11.8. The molecule has 0 aromatic carbocycles. The second-order valence-corrected chi connectivity index (χ2v) is 6.94. The van der Waals surface area contributed by atoms with Crippen LogP contribution in [0.25, 0.3) is 0 Å². The maximum atomic E-state index is 12.6. The van der Waals surface area contributed by atoms with Gasteiger partial charge < -0.3 is 4.74 Å². The number of nitrogens with zero attached hydrogens (tertiary/aromatic N) is 3. The Kier molecular flexibility index (Phi) is 3.46. The van der Waals surface area contributed by atoms with Crippen LogP contribution in [0.1, 0.15) is 19.3 Å². The molecule has 0 spiro atoms. The molecule has 6 nitrogen and oxygen atoms in total. The van der Waals surface area contributed by atoms with Crippen molar-refractivity contribution in [3.63, 3.8) is 0 Å². The zero-order valence-electron chi connectivity index (χ0n) is 10.2. The molecule has 1 aromatic heterocycles. The van der Waals surface area contributed by atoms with Gasteiger partial charge in [-0.25, -0.2) is 18.4 Å². The first-order valence-electron chi connectivity index (χ1n) is 6.20. The summed E-state index contributed by atoms with van der Waals surface area (Å²) in [5.74, 6) is 0. The minimum atomic E-state index is -3.56. The average Bonchev–Trinajstić information content (AvgIpc) is 2.87. The van der Waals surface area contributed by atoms with Crippen molar-refractivity contribution in [3.05, 3.63) is 17.7 Å². The van der Waals surface area contributed by atoms with E-state index in [1.165, 1.54) is 16.7 Å². The van der Waals surface area contributed by atoms with E-state index in [1.54, 1.807) is 0 Å². The van der Waals surface area contributed by atoms with Gasteiger partial charge in [-0.3, -0.25) is 0 Å². The Morgan fingerprint density at radius 2 is 2.05 bits per heavy atom. The first-order valence-corrected chi connectivity index (χ1v) is 8.02. The molecule has 2 aliphatic rings. The molecule has 19 heavy (non-hydrogen) atoms. The number of halogens is 1. The molecule has 0 radical (unpaired) electrons. The molecule has 2 heterocycles. The second kappa shape index (κ2) is 4.97. The minimum absolute atomic E-state index is 0.0248. The van der Waals surface area contributed by atoms with E-state index in [1.807, 2.05) is 0 Å². The lowest BCUT2D eigenvalue weighted by atomic mass is 10.2. The van der Waals surface area contributed by atoms with Crippen LogP contribution in [-0.4, -0.2) is 48.0 Å². The first kappa shape index (κ1) is 13.2. The van der Waals surface area contributed by atoms with Gasteiger partial charge in [-0.15, -0.1) is 0 Å². The fourth-order valence-corrected chi connectivity index (χ4v) is 4.41. The Bertz CT molecular complexity index is 563. The molecule has 8 heteroatoms. The van der Waals surface area contributed by atoms with Gasteiger partial charge in [0.25, 0.3) is 0 Å².